The van der Waals surface area contributed by atoms with Crippen LogP contribution in [0.4, 0.5) is 26.3 Å². The van der Waals surface area contributed by atoms with E-state index in [0.29, 0.717) is 22.9 Å². The van der Waals surface area contributed by atoms with Crippen LogP contribution in [0.5, 0.6) is 0 Å². The first kappa shape index (κ1) is 36.0. The molecule has 2 fully saturated rings. The maximum absolute atomic E-state index is 15.3. The third-order valence-electron chi connectivity index (χ3n) is 8.69. The molecule has 0 atom stereocenters. The van der Waals surface area contributed by atoms with Crippen molar-refractivity contribution in [3.63, 3.8) is 0 Å². The molecule has 6 rings (SSSR count). The highest BCUT2D eigenvalue weighted by molar-refractivity contribution is 7.99. The van der Waals surface area contributed by atoms with E-state index in [4.69, 9.17) is 0 Å². The summed E-state index contributed by atoms with van der Waals surface area (Å²) in [6.45, 7) is 3.30. The summed E-state index contributed by atoms with van der Waals surface area (Å²) in [7, 11) is 0. The van der Waals surface area contributed by atoms with Crippen LogP contribution in [-0.4, -0.2) is 23.9 Å². The van der Waals surface area contributed by atoms with Gasteiger partial charge >= 0.3 is 12.4 Å². The Morgan fingerprint density at radius 2 is 0.980 bits per heavy atom. The van der Waals surface area contributed by atoms with Gasteiger partial charge in [-0.25, -0.2) is 0 Å². The zero-order valence-corrected chi connectivity index (χ0v) is 28.5. The van der Waals surface area contributed by atoms with Gasteiger partial charge in [0.1, 0.15) is 0 Å². The number of aryl methyl sites for hydroxylation is 2. The van der Waals surface area contributed by atoms with E-state index in [1.54, 1.807) is 50.2 Å². The van der Waals surface area contributed by atoms with Crippen molar-refractivity contribution in [2.75, 3.05) is 0 Å². The lowest BCUT2D eigenvalue weighted by Crippen LogP contribution is -2.22. The van der Waals surface area contributed by atoms with Gasteiger partial charge in [-0.1, -0.05) is 72.4 Å². The monoisotopic (exact) mass is 720 g/mol. The fraction of sp³-hybridized carbons (Fsp3) is 0.250. The van der Waals surface area contributed by atoms with Gasteiger partial charge in [0.25, 0.3) is 0 Å². The zero-order valence-electron chi connectivity index (χ0n) is 27.7. The number of nitrogens with one attached hydrogen (secondary N) is 2. The van der Waals surface area contributed by atoms with Crippen molar-refractivity contribution in [3.05, 3.63) is 118 Å². The van der Waals surface area contributed by atoms with Gasteiger partial charge in [-0.2, -0.15) is 26.3 Å². The lowest BCUT2D eigenvalue weighted by molar-refractivity contribution is -0.139. The molecule has 0 bridgehead atoms. The van der Waals surface area contributed by atoms with Crippen molar-refractivity contribution in [2.24, 2.45) is 0 Å². The molecule has 0 unspecified atom stereocenters. The first-order valence-corrected chi connectivity index (χ1v) is 17.3. The topological polar surface area (TPSA) is 58.2 Å². The van der Waals surface area contributed by atoms with Gasteiger partial charge in [0, 0.05) is 45.2 Å². The van der Waals surface area contributed by atoms with Crippen molar-refractivity contribution < 1.29 is 35.9 Å². The SMILES string of the molecule is Cc1ccccc1-c1c(/C=C/C(=O)NC2CC2)ccc(Sc2ccc(/C=C/C(=O)NC3CC3)c(-c3ccccc3C)c2C(F)(F)F)c1C(F)(F)F. The number of benzene rings is 4. The standard InChI is InChI=1S/C40H34F6N2O2S/c1-23-7-3-5-9-29(23)35-25(13-21-33(49)47-27-15-16-27)11-19-31(37(35)39(41,42)43)51-32-20-12-26(14-22-34(50)48-28-17-18-28)36(38(32)40(44,45)46)30-10-6-4-8-24(30)2/h3-14,19-22,27-28H,15-18H2,1-2H3,(H,47,49)(H,48,50)/b21-13+,22-14+. The number of rotatable bonds is 10. The summed E-state index contributed by atoms with van der Waals surface area (Å²) in [5.74, 6) is -0.893. The van der Waals surface area contributed by atoms with E-state index in [9.17, 15) is 9.59 Å². The average molecular weight is 721 g/mol. The van der Waals surface area contributed by atoms with Crippen LogP contribution < -0.4 is 10.6 Å². The predicted octanol–water partition coefficient (Wildman–Crippen LogP) is 10.4. The molecule has 0 heterocycles. The normalized spacial score (nSPS) is 15.1. The number of carbonyl (C=O) groups excluding carboxylic acids is 2. The maximum atomic E-state index is 15.3. The molecule has 2 saturated carbocycles. The van der Waals surface area contributed by atoms with E-state index < -0.39 is 45.1 Å². The van der Waals surface area contributed by atoms with Crippen LogP contribution in [0, 0.1) is 13.8 Å². The largest absolute Gasteiger partial charge is 0.418 e. The molecule has 0 radical (unpaired) electrons. The molecule has 4 nitrogen and oxygen atoms in total. The van der Waals surface area contributed by atoms with E-state index in [1.165, 1.54) is 48.6 Å². The van der Waals surface area contributed by atoms with Gasteiger partial charge in [0.15, 0.2) is 0 Å². The minimum absolute atomic E-state index is 0.0386. The Morgan fingerprint density at radius 3 is 1.31 bits per heavy atom. The summed E-state index contributed by atoms with van der Waals surface area (Å²) in [5, 5.41) is 5.54. The van der Waals surface area contributed by atoms with Gasteiger partial charge in [0.2, 0.25) is 11.8 Å². The van der Waals surface area contributed by atoms with Crippen molar-refractivity contribution >= 4 is 35.7 Å². The minimum atomic E-state index is -4.99. The van der Waals surface area contributed by atoms with Crippen LogP contribution in [0.15, 0.2) is 94.7 Å². The number of hydrogen-bond donors (Lipinski definition) is 2. The van der Waals surface area contributed by atoms with E-state index >= 15 is 26.3 Å². The Balaban J connectivity index is 1.54. The highest BCUT2D eigenvalue weighted by atomic mass is 32.2. The fourth-order valence-corrected chi connectivity index (χ4v) is 7.05. The molecule has 4 aromatic rings. The van der Waals surface area contributed by atoms with Gasteiger partial charge < -0.3 is 10.6 Å². The summed E-state index contributed by atoms with van der Waals surface area (Å²) in [6.07, 6.45) is -1.70. The van der Waals surface area contributed by atoms with E-state index in [0.717, 1.165) is 37.8 Å². The van der Waals surface area contributed by atoms with Crippen LogP contribution in [0.25, 0.3) is 34.4 Å². The van der Waals surface area contributed by atoms with Crippen molar-refractivity contribution in [1.82, 2.24) is 10.6 Å². The number of alkyl halides is 6. The van der Waals surface area contributed by atoms with Crippen LogP contribution in [0.2, 0.25) is 0 Å². The fourth-order valence-electron chi connectivity index (χ4n) is 5.90. The molecule has 2 aliphatic rings. The van der Waals surface area contributed by atoms with Crippen molar-refractivity contribution in [1.29, 1.82) is 0 Å². The Kier molecular flexibility index (Phi) is 10.2. The smallest absolute Gasteiger partial charge is 0.350 e. The molecule has 51 heavy (non-hydrogen) atoms. The second-order valence-corrected chi connectivity index (χ2v) is 13.8. The Bertz CT molecular complexity index is 1900. The molecule has 4 aromatic carbocycles. The number of amides is 2. The number of hydrogen-bond acceptors (Lipinski definition) is 3. The summed E-state index contributed by atoms with van der Waals surface area (Å²) in [5.41, 5.74) is -1.03. The summed E-state index contributed by atoms with van der Waals surface area (Å²) in [6, 6.07) is 18.0. The number of halogens is 6. The lowest BCUT2D eigenvalue weighted by Gasteiger charge is -2.24. The van der Waals surface area contributed by atoms with Crippen LogP contribution >= 0.6 is 11.8 Å². The number of carbonyl (C=O) groups is 2. The minimum Gasteiger partial charge on any atom is -0.350 e. The molecule has 11 heteroatoms. The summed E-state index contributed by atoms with van der Waals surface area (Å²) >= 11 is 0.377. The summed E-state index contributed by atoms with van der Waals surface area (Å²) in [4.78, 5) is 24.1. The van der Waals surface area contributed by atoms with Gasteiger partial charge in [-0.3, -0.25) is 9.59 Å². The van der Waals surface area contributed by atoms with Crippen LogP contribution in [0.1, 0.15) is 59.1 Å². The van der Waals surface area contributed by atoms with Crippen LogP contribution in [0.3, 0.4) is 0 Å². The summed E-state index contributed by atoms with van der Waals surface area (Å²) < 4.78 is 91.6. The van der Waals surface area contributed by atoms with Crippen molar-refractivity contribution in [3.8, 4) is 22.3 Å². The zero-order chi connectivity index (χ0) is 36.5. The Hall–Kier alpha value is -4.77. The highest BCUT2D eigenvalue weighted by Gasteiger charge is 2.41. The lowest BCUT2D eigenvalue weighted by atomic mass is 9.90. The molecule has 0 spiro atoms. The van der Waals surface area contributed by atoms with E-state index in [1.807, 2.05) is 0 Å². The first-order chi connectivity index (χ1) is 24.2. The van der Waals surface area contributed by atoms with E-state index in [-0.39, 0.29) is 45.5 Å². The molecule has 2 amide bonds. The van der Waals surface area contributed by atoms with Gasteiger partial charge in [0.05, 0.1) is 11.1 Å². The molecule has 0 aliphatic heterocycles. The third kappa shape index (κ3) is 8.58. The van der Waals surface area contributed by atoms with E-state index in [2.05, 4.69) is 10.6 Å². The predicted molar refractivity (Wildman–Crippen MR) is 188 cm³/mol. The molecule has 264 valence electrons. The Morgan fingerprint density at radius 1 is 0.608 bits per heavy atom. The molecule has 2 N–H and O–H groups in total. The first-order valence-electron chi connectivity index (χ1n) is 16.5. The second kappa shape index (κ2) is 14.5. The molecule has 0 aromatic heterocycles. The quantitative estimate of drug-likeness (QED) is 0.127. The Labute approximate surface area is 296 Å². The third-order valence-corrected chi connectivity index (χ3v) is 9.81. The highest BCUT2D eigenvalue weighted by Crippen LogP contribution is 2.51. The molecular weight excluding hydrogens is 687 g/mol. The van der Waals surface area contributed by atoms with Crippen molar-refractivity contribution in [2.45, 2.75) is 73.8 Å². The van der Waals surface area contributed by atoms with Gasteiger partial charge in [-0.05, 0) is 97.2 Å². The maximum Gasteiger partial charge on any atom is 0.418 e. The average Bonchev–Trinajstić information content (AvgIpc) is 4.01. The molecular formula is C40H34F6N2O2S. The molecule has 0 saturated heterocycles. The molecule has 2 aliphatic carbocycles. The second-order valence-electron chi connectivity index (χ2n) is 12.8. The van der Waals surface area contributed by atoms with Crippen LogP contribution in [-0.2, 0) is 21.9 Å². The van der Waals surface area contributed by atoms with Gasteiger partial charge in [-0.15, -0.1) is 0 Å².